The standard InChI is InChI=1S/C24H22ClN5OS/c25-21-12-5-4-11-20(21)23-28-29-24(30(23)19-9-2-1-3-10-19)32-15-7-13-22(31)27-17-18-8-6-14-26-16-18/h1-6,8-12,14,16H,7,13,15,17H2,(H,27,31). The zero-order valence-corrected chi connectivity index (χ0v) is 18.9. The molecule has 0 saturated heterocycles. The number of para-hydroxylation sites is 1. The van der Waals surface area contributed by atoms with Crippen molar-refractivity contribution in [3.8, 4) is 17.1 Å². The molecule has 0 bridgehead atoms. The third-order valence-corrected chi connectivity index (χ3v) is 6.10. The van der Waals surface area contributed by atoms with Gasteiger partial charge in [-0.25, -0.2) is 0 Å². The van der Waals surface area contributed by atoms with Gasteiger partial charge in [0.1, 0.15) is 0 Å². The van der Waals surface area contributed by atoms with Crippen molar-refractivity contribution in [2.45, 2.75) is 24.5 Å². The van der Waals surface area contributed by atoms with E-state index in [-0.39, 0.29) is 5.91 Å². The fraction of sp³-hybridized carbons (Fsp3) is 0.167. The van der Waals surface area contributed by atoms with E-state index in [9.17, 15) is 4.79 Å². The van der Waals surface area contributed by atoms with Crippen LogP contribution in [0.5, 0.6) is 0 Å². The zero-order chi connectivity index (χ0) is 22.2. The molecule has 2 aromatic carbocycles. The minimum Gasteiger partial charge on any atom is -0.352 e. The first-order valence-corrected chi connectivity index (χ1v) is 11.6. The highest BCUT2D eigenvalue weighted by Gasteiger charge is 2.17. The van der Waals surface area contributed by atoms with Gasteiger partial charge in [0.15, 0.2) is 11.0 Å². The van der Waals surface area contributed by atoms with E-state index in [0.29, 0.717) is 23.8 Å². The topological polar surface area (TPSA) is 72.7 Å². The van der Waals surface area contributed by atoms with Crippen molar-refractivity contribution >= 4 is 29.3 Å². The molecule has 1 amide bonds. The van der Waals surface area contributed by atoms with E-state index in [4.69, 9.17) is 11.6 Å². The van der Waals surface area contributed by atoms with Crippen LogP contribution in [0, 0.1) is 0 Å². The SMILES string of the molecule is O=C(CCCSc1nnc(-c2ccccc2Cl)n1-c1ccccc1)NCc1cccnc1. The van der Waals surface area contributed by atoms with Crippen molar-refractivity contribution in [1.29, 1.82) is 0 Å². The molecule has 0 saturated carbocycles. The van der Waals surface area contributed by atoms with Gasteiger partial charge < -0.3 is 5.32 Å². The van der Waals surface area contributed by atoms with Crippen LogP contribution in [0.15, 0.2) is 84.3 Å². The molecule has 0 aliphatic heterocycles. The lowest BCUT2D eigenvalue weighted by Crippen LogP contribution is -2.22. The van der Waals surface area contributed by atoms with Gasteiger partial charge in [0.2, 0.25) is 5.91 Å². The Kier molecular flexibility index (Phi) is 7.53. The molecule has 0 radical (unpaired) electrons. The quantitative estimate of drug-likeness (QED) is 0.274. The number of amides is 1. The number of carbonyl (C=O) groups excluding carboxylic acids is 1. The van der Waals surface area contributed by atoms with Crippen LogP contribution < -0.4 is 5.32 Å². The monoisotopic (exact) mass is 463 g/mol. The van der Waals surface area contributed by atoms with Gasteiger partial charge in [0.25, 0.3) is 0 Å². The summed E-state index contributed by atoms with van der Waals surface area (Å²) < 4.78 is 2.01. The average molecular weight is 464 g/mol. The molecule has 32 heavy (non-hydrogen) atoms. The van der Waals surface area contributed by atoms with Crippen molar-refractivity contribution in [3.05, 3.63) is 89.7 Å². The summed E-state index contributed by atoms with van der Waals surface area (Å²) in [6.07, 6.45) is 4.65. The molecule has 2 heterocycles. The van der Waals surface area contributed by atoms with Gasteiger partial charge in [0, 0.05) is 42.4 Å². The minimum absolute atomic E-state index is 0.0238. The number of hydrogen-bond donors (Lipinski definition) is 1. The van der Waals surface area contributed by atoms with Crippen LogP contribution in [0.1, 0.15) is 18.4 Å². The number of rotatable bonds is 9. The molecule has 0 aliphatic rings. The third-order valence-electron chi connectivity index (χ3n) is 4.75. The second kappa shape index (κ2) is 10.9. The lowest BCUT2D eigenvalue weighted by molar-refractivity contribution is -0.121. The number of thioether (sulfide) groups is 1. The maximum absolute atomic E-state index is 12.2. The number of nitrogens with zero attached hydrogens (tertiary/aromatic N) is 4. The van der Waals surface area contributed by atoms with Crippen LogP contribution in [-0.4, -0.2) is 31.4 Å². The summed E-state index contributed by atoms with van der Waals surface area (Å²) in [7, 11) is 0. The molecule has 4 rings (SSSR count). The highest BCUT2D eigenvalue weighted by atomic mass is 35.5. The van der Waals surface area contributed by atoms with Crippen molar-refractivity contribution in [3.63, 3.8) is 0 Å². The summed E-state index contributed by atoms with van der Waals surface area (Å²) in [5.74, 6) is 1.46. The van der Waals surface area contributed by atoms with Crippen LogP contribution >= 0.6 is 23.4 Å². The Bertz CT molecular complexity index is 1170. The van der Waals surface area contributed by atoms with E-state index in [1.54, 1.807) is 24.2 Å². The lowest BCUT2D eigenvalue weighted by atomic mass is 10.2. The van der Waals surface area contributed by atoms with Gasteiger partial charge in [-0.15, -0.1) is 10.2 Å². The molecule has 162 valence electrons. The molecule has 0 spiro atoms. The van der Waals surface area contributed by atoms with Gasteiger partial charge in [-0.2, -0.15) is 0 Å². The molecular weight excluding hydrogens is 442 g/mol. The highest BCUT2D eigenvalue weighted by Crippen LogP contribution is 2.32. The van der Waals surface area contributed by atoms with Crippen LogP contribution in [-0.2, 0) is 11.3 Å². The largest absolute Gasteiger partial charge is 0.352 e. The molecule has 0 unspecified atom stereocenters. The van der Waals surface area contributed by atoms with Crippen LogP contribution in [0.3, 0.4) is 0 Å². The lowest BCUT2D eigenvalue weighted by Gasteiger charge is -2.11. The first kappa shape index (κ1) is 22.0. The maximum Gasteiger partial charge on any atom is 0.220 e. The Morgan fingerprint density at radius 1 is 1.00 bits per heavy atom. The molecule has 0 aliphatic carbocycles. The summed E-state index contributed by atoms with van der Waals surface area (Å²) >= 11 is 8.00. The first-order chi connectivity index (χ1) is 15.7. The Morgan fingerprint density at radius 2 is 1.81 bits per heavy atom. The van der Waals surface area contributed by atoms with Gasteiger partial charge in [-0.05, 0) is 42.3 Å². The van der Waals surface area contributed by atoms with Crippen molar-refractivity contribution in [2.24, 2.45) is 0 Å². The van der Waals surface area contributed by atoms with Crippen molar-refractivity contribution < 1.29 is 4.79 Å². The molecule has 4 aromatic rings. The third kappa shape index (κ3) is 5.55. The first-order valence-electron chi connectivity index (χ1n) is 10.3. The summed E-state index contributed by atoms with van der Waals surface area (Å²) in [5.41, 5.74) is 2.77. The molecule has 6 nitrogen and oxygen atoms in total. The van der Waals surface area contributed by atoms with Crippen LogP contribution in [0.25, 0.3) is 17.1 Å². The molecule has 8 heteroatoms. The Balaban J connectivity index is 1.40. The van der Waals surface area contributed by atoms with E-state index in [1.165, 1.54) is 0 Å². The van der Waals surface area contributed by atoms with Gasteiger partial charge in [-0.1, -0.05) is 59.8 Å². The fourth-order valence-corrected chi connectivity index (χ4v) is 4.29. The second-order valence-corrected chi connectivity index (χ2v) is 8.52. The molecule has 2 aromatic heterocycles. The van der Waals surface area contributed by atoms with Crippen molar-refractivity contribution in [2.75, 3.05) is 5.75 Å². The number of benzene rings is 2. The van der Waals surface area contributed by atoms with E-state index < -0.39 is 0 Å². The summed E-state index contributed by atoms with van der Waals surface area (Å²) in [6.45, 7) is 0.489. The fourth-order valence-electron chi connectivity index (χ4n) is 3.18. The smallest absolute Gasteiger partial charge is 0.220 e. The average Bonchev–Trinajstić information content (AvgIpc) is 3.25. The zero-order valence-electron chi connectivity index (χ0n) is 17.3. The van der Waals surface area contributed by atoms with E-state index in [2.05, 4.69) is 20.5 Å². The summed E-state index contributed by atoms with van der Waals surface area (Å²) in [4.78, 5) is 16.2. The number of carbonyl (C=O) groups is 1. The minimum atomic E-state index is 0.0238. The maximum atomic E-state index is 12.2. The van der Waals surface area contributed by atoms with E-state index >= 15 is 0 Å². The summed E-state index contributed by atoms with van der Waals surface area (Å²) in [5, 5.41) is 13.2. The molecule has 0 atom stereocenters. The second-order valence-electron chi connectivity index (χ2n) is 7.05. The van der Waals surface area contributed by atoms with Crippen molar-refractivity contribution in [1.82, 2.24) is 25.1 Å². The van der Waals surface area contributed by atoms with E-state index in [0.717, 1.165) is 34.1 Å². The molecular formula is C24H22ClN5OS. The number of halogens is 1. The predicted molar refractivity (Wildman–Crippen MR) is 128 cm³/mol. The number of nitrogens with one attached hydrogen (secondary N) is 1. The van der Waals surface area contributed by atoms with E-state index in [1.807, 2.05) is 71.3 Å². The number of pyridine rings is 1. The summed E-state index contributed by atoms with van der Waals surface area (Å²) in [6, 6.07) is 21.4. The predicted octanol–water partition coefficient (Wildman–Crippen LogP) is 5.17. The normalized spacial score (nSPS) is 10.8. The number of hydrogen-bond acceptors (Lipinski definition) is 5. The van der Waals surface area contributed by atoms with Gasteiger partial charge >= 0.3 is 0 Å². The molecule has 1 N–H and O–H groups in total. The Labute approximate surface area is 196 Å². The Hall–Kier alpha value is -3.16. The van der Waals surface area contributed by atoms with Crippen LogP contribution in [0.4, 0.5) is 0 Å². The molecule has 0 fully saturated rings. The van der Waals surface area contributed by atoms with Gasteiger partial charge in [0.05, 0.1) is 5.02 Å². The van der Waals surface area contributed by atoms with Crippen LogP contribution in [0.2, 0.25) is 5.02 Å². The highest BCUT2D eigenvalue weighted by molar-refractivity contribution is 7.99. The number of aromatic nitrogens is 4. The Morgan fingerprint density at radius 3 is 2.59 bits per heavy atom. The van der Waals surface area contributed by atoms with Gasteiger partial charge in [-0.3, -0.25) is 14.3 Å².